The second-order valence-corrected chi connectivity index (χ2v) is 7.11. The topological polar surface area (TPSA) is 98.5 Å². The molecule has 8 heteroatoms. The van der Waals surface area contributed by atoms with Gasteiger partial charge in [-0.3, -0.25) is 4.79 Å². The first-order valence-electron chi connectivity index (χ1n) is 4.98. The lowest BCUT2D eigenvalue weighted by Gasteiger charge is -2.18. The van der Waals surface area contributed by atoms with Crippen molar-refractivity contribution in [1.29, 1.82) is 5.26 Å². The van der Waals surface area contributed by atoms with Crippen molar-refractivity contribution in [2.24, 2.45) is 5.92 Å². The Morgan fingerprint density at radius 1 is 1.61 bits per heavy atom. The van der Waals surface area contributed by atoms with Crippen molar-refractivity contribution in [3.63, 3.8) is 0 Å². The molecule has 1 N–H and O–H groups in total. The third-order valence-electron chi connectivity index (χ3n) is 2.31. The lowest BCUT2D eigenvalue weighted by molar-refractivity contribution is -0.141. The molecule has 0 bridgehead atoms. The van der Waals surface area contributed by atoms with Crippen molar-refractivity contribution >= 4 is 27.3 Å². The van der Waals surface area contributed by atoms with Crippen molar-refractivity contribution in [1.82, 2.24) is 4.31 Å². The SMILES string of the molecule is CC(CN(C)S(=O)(=O)c1ccc(C#N)s1)C(=O)O. The Labute approximate surface area is 109 Å². The van der Waals surface area contributed by atoms with E-state index in [1.54, 1.807) is 0 Å². The van der Waals surface area contributed by atoms with Crippen LogP contribution in [0.3, 0.4) is 0 Å². The average molecular weight is 288 g/mol. The number of hydrogen-bond donors (Lipinski definition) is 1. The molecule has 6 nitrogen and oxygen atoms in total. The standard InChI is InChI=1S/C10H12N2O4S2/c1-7(10(13)14)6-12(2)18(15,16)9-4-3-8(5-11)17-9/h3-4,7H,6H2,1-2H3,(H,13,14). The van der Waals surface area contributed by atoms with E-state index in [-0.39, 0.29) is 10.8 Å². The van der Waals surface area contributed by atoms with Crippen LogP contribution >= 0.6 is 11.3 Å². The Morgan fingerprint density at radius 2 is 2.22 bits per heavy atom. The molecule has 0 aliphatic carbocycles. The zero-order valence-corrected chi connectivity index (χ0v) is 11.5. The van der Waals surface area contributed by atoms with E-state index < -0.39 is 21.9 Å². The molecule has 0 saturated carbocycles. The summed E-state index contributed by atoms with van der Waals surface area (Å²) >= 11 is 0.865. The van der Waals surface area contributed by atoms with Gasteiger partial charge >= 0.3 is 5.97 Å². The number of nitriles is 1. The zero-order chi connectivity index (χ0) is 13.9. The van der Waals surface area contributed by atoms with Gasteiger partial charge in [0, 0.05) is 13.6 Å². The summed E-state index contributed by atoms with van der Waals surface area (Å²) in [5, 5.41) is 17.4. The van der Waals surface area contributed by atoms with Crippen LogP contribution in [0.5, 0.6) is 0 Å². The minimum absolute atomic E-state index is 0.0409. The zero-order valence-electron chi connectivity index (χ0n) is 9.82. The Balaban J connectivity index is 2.93. The Kier molecular flexibility index (Phi) is 4.45. The summed E-state index contributed by atoms with van der Waals surface area (Å²) in [6.07, 6.45) is 0. The van der Waals surface area contributed by atoms with Crippen molar-refractivity contribution in [2.75, 3.05) is 13.6 Å². The highest BCUT2D eigenvalue weighted by atomic mass is 32.2. The summed E-state index contributed by atoms with van der Waals surface area (Å²) < 4.78 is 25.1. The quantitative estimate of drug-likeness (QED) is 0.870. The molecular formula is C10H12N2O4S2. The van der Waals surface area contributed by atoms with Gasteiger partial charge in [0.25, 0.3) is 10.0 Å². The molecule has 1 heterocycles. The number of rotatable bonds is 5. The molecule has 0 aromatic carbocycles. The van der Waals surface area contributed by atoms with Gasteiger partial charge in [0.15, 0.2) is 0 Å². The molecule has 0 saturated heterocycles. The van der Waals surface area contributed by atoms with E-state index in [4.69, 9.17) is 10.4 Å². The van der Waals surface area contributed by atoms with E-state index in [9.17, 15) is 13.2 Å². The first-order valence-corrected chi connectivity index (χ1v) is 7.23. The van der Waals surface area contributed by atoms with Gasteiger partial charge in [-0.2, -0.15) is 9.57 Å². The van der Waals surface area contributed by atoms with E-state index in [1.165, 1.54) is 26.1 Å². The highest BCUT2D eigenvalue weighted by Gasteiger charge is 2.26. The second-order valence-electron chi connectivity index (χ2n) is 3.76. The fourth-order valence-corrected chi connectivity index (χ4v) is 3.81. The van der Waals surface area contributed by atoms with Crippen molar-refractivity contribution < 1.29 is 18.3 Å². The van der Waals surface area contributed by atoms with Gasteiger partial charge < -0.3 is 5.11 Å². The Hall–Kier alpha value is -1.43. The monoisotopic (exact) mass is 288 g/mol. The number of thiophene rings is 1. The maximum atomic E-state index is 12.1. The number of aliphatic carboxylic acids is 1. The number of carboxylic acid groups (broad SMARTS) is 1. The summed E-state index contributed by atoms with van der Waals surface area (Å²) in [7, 11) is -2.40. The Bertz CT molecular complexity index is 585. The van der Waals surface area contributed by atoms with Gasteiger partial charge in [-0.15, -0.1) is 11.3 Å². The second kappa shape index (κ2) is 5.48. The highest BCUT2D eigenvalue weighted by Crippen LogP contribution is 2.24. The molecule has 0 spiro atoms. The third kappa shape index (κ3) is 3.07. The van der Waals surface area contributed by atoms with Crippen molar-refractivity contribution in [2.45, 2.75) is 11.1 Å². The molecule has 1 atom stereocenters. The summed E-state index contributed by atoms with van der Waals surface area (Å²) in [6.45, 7) is 1.32. The molecule has 0 fully saturated rings. The fourth-order valence-electron chi connectivity index (χ4n) is 1.23. The van der Waals surface area contributed by atoms with Crippen LogP contribution in [0.1, 0.15) is 11.8 Å². The number of carbonyl (C=O) groups is 1. The largest absolute Gasteiger partial charge is 0.481 e. The van der Waals surface area contributed by atoms with Crippen LogP contribution in [0.4, 0.5) is 0 Å². The summed E-state index contributed by atoms with van der Waals surface area (Å²) in [6, 6.07) is 4.63. The van der Waals surface area contributed by atoms with Crippen LogP contribution in [0.25, 0.3) is 0 Å². The molecular weight excluding hydrogens is 276 g/mol. The summed E-state index contributed by atoms with van der Waals surface area (Å²) in [5.41, 5.74) is 0. The van der Waals surface area contributed by atoms with Gasteiger partial charge in [-0.25, -0.2) is 8.42 Å². The molecule has 1 unspecified atom stereocenters. The minimum atomic E-state index is -3.72. The van der Waals surface area contributed by atoms with Crippen LogP contribution in [0.15, 0.2) is 16.3 Å². The van der Waals surface area contributed by atoms with E-state index in [1.807, 2.05) is 6.07 Å². The fraction of sp³-hybridized carbons (Fsp3) is 0.400. The van der Waals surface area contributed by atoms with E-state index in [0.717, 1.165) is 15.6 Å². The predicted octanol–water partition coefficient (Wildman–Crippen LogP) is 0.961. The van der Waals surface area contributed by atoms with Crippen LogP contribution in [0, 0.1) is 17.2 Å². The minimum Gasteiger partial charge on any atom is -0.481 e. The smallest absolute Gasteiger partial charge is 0.307 e. The molecule has 1 rings (SSSR count). The number of hydrogen-bond acceptors (Lipinski definition) is 5. The normalized spacial score (nSPS) is 13.2. The molecule has 1 aromatic rings. The third-order valence-corrected chi connectivity index (χ3v) is 5.59. The lowest BCUT2D eigenvalue weighted by atomic mass is 10.2. The van der Waals surface area contributed by atoms with Crippen molar-refractivity contribution in [3.05, 3.63) is 17.0 Å². The van der Waals surface area contributed by atoms with Gasteiger partial charge in [-0.1, -0.05) is 6.92 Å². The van der Waals surface area contributed by atoms with E-state index >= 15 is 0 Å². The molecule has 18 heavy (non-hydrogen) atoms. The Morgan fingerprint density at radius 3 is 2.67 bits per heavy atom. The van der Waals surface area contributed by atoms with Crippen LogP contribution in [-0.2, 0) is 14.8 Å². The molecule has 1 aromatic heterocycles. The van der Waals surface area contributed by atoms with Gasteiger partial charge in [0.2, 0.25) is 0 Å². The average Bonchev–Trinajstić information content (AvgIpc) is 2.77. The highest BCUT2D eigenvalue weighted by molar-refractivity contribution is 7.91. The van der Waals surface area contributed by atoms with Crippen LogP contribution in [-0.4, -0.2) is 37.4 Å². The van der Waals surface area contributed by atoms with Gasteiger partial charge in [0.1, 0.15) is 15.2 Å². The maximum Gasteiger partial charge on any atom is 0.307 e. The first-order chi connectivity index (χ1) is 8.28. The number of carboxylic acids is 1. The lowest BCUT2D eigenvalue weighted by Crippen LogP contribution is -2.33. The summed E-state index contributed by atoms with van der Waals surface area (Å²) in [4.78, 5) is 11.0. The van der Waals surface area contributed by atoms with E-state index in [0.29, 0.717) is 4.88 Å². The van der Waals surface area contributed by atoms with Crippen LogP contribution in [0.2, 0.25) is 0 Å². The van der Waals surface area contributed by atoms with Gasteiger partial charge in [0.05, 0.1) is 5.92 Å². The molecule has 0 amide bonds. The molecule has 0 aliphatic rings. The molecule has 0 aliphatic heterocycles. The van der Waals surface area contributed by atoms with Crippen molar-refractivity contribution in [3.8, 4) is 6.07 Å². The maximum absolute atomic E-state index is 12.1. The molecule has 98 valence electrons. The van der Waals surface area contributed by atoms with E-state index in [2.05, 4.69) is 0 Å². The van der Waals surface area contributed by atoms with Crippen LogP contribution < -0.4 is 0 Å². The first kappa shape index (κ1) is 14.6. The van der Waals surface area contributed by atoms with Gasteiger partial charge in [-0.05, 0) is 12.1 Å². The number of sulfonamides is 1. The number of nitrogens with zero attached hydrogens (tertiary/aromatic N) is 2. The summed E-state index contributed by atoms with van der Waals surface area (Å²) in [5.74, 6) is -1.85. The predicted molar refractivity (Wildman–Crippen MR) is 65.6 cm³/mol. The molecule has 0 radical (unpaired) electrons.